The van der Waals surface area contributed by atoms with E-state index in [1.165, 1.54) is 0 Å². The van der Waals surface area contributed by atoms with Crippen LogP contribution < -0.4 is 0 Å². The fraction of sp³-hybridized carbons (Fsp3) is 0.192. The van der Waals surface area contributed by atoms with Crippen LogP contribution in [0, 0.1) is 5.41 Å². The molecule has 5 rings (SSSR count). The molecule has 3 heteroatoms. The van der Waals surface area contributed by atoms with Crippen LogP contribution in [0.1, 0.15) is 37.5 Å². The van der Waals surface area contributed by atoms with E-state index in [9.17, 15) is 4.79 Å². The smallest absolute Gasteiger partial charge is 0.312 e. The summed E-state index contributed by atoms with van der Waals surface area (Å²) in [4.78, 5) is 13.2. The van der Waals surface area contributed by atoms with Crippen molar-refractivity contribution in [2.24, 2.45) is 5.41 Å². The minimum Gasteiger partial charge on any atom is -0.472 e. The number of hydrogen-bond acceptors (Lipinski definition) is 3. The largest absolute Gasteiger partial charge is 0.472 e. The Morgan fingerprint density at radius 3 is 2.28 bits per heavy atom. The fourth-order valence-electron chi connectivity index (χ4n) is 4.27. The molecule has 0 bridgehead atoms. The first-order valence-electron chi connectivity index (χ1n) is 9.81. The Bertz CT molecular complexity index is 1220. The lowest BCUT2D eigenvalue weighted by Gasteiger charge is -2.40. The molecule has 1 aliphatic carbocycles. The van der Waals surface area contributed by atoms with E-state index < -0.39 is 11.0 Å². The number of fused-ring (bicyclic) bond motifs is 2. The Labute approximate surface area is 169 Å². The average Bonchev–Trinajstić information content (AvgIpc) is 3.25. The molecule has 144 valence electrons. The molecule has 0 aliphatic heterocycles. The van der Waals surface area contributed by atoms with E-state index in [2.05, 4.69) is 36.4 Å². The molecule has 3 nitrogen and oxygen atoms in total. The summed E-state index contributed by atoms with van der Waals surface area (Å²) in [5.74, 6) is -0.259. The number of esters is 1. The van der Waals surface area contributed by atoms with Gasteiger partial charge in [-0.15, -0.1) is 0 Å². The number of furan rings is 1. The van der Waals surface area contributed by atoms with E-state index in [-0.39, 0.29) is 5.97 Å². The standard InChI is InChI=1S/C26H22O3/c1-25(2,3)24(27)29-26(18-14-15-28-16-18)21-12-5-4-10-19(21)20-11-6-8-17-9-7-13-22(26)23(17)20/h4-16H,1-3H3. The number of ether oxygens (including phenoxy) is 1. The summed E-state index contributed by atoms with van der Waals surface area (Å²) in [6, 6.07) is 22.5. The van der Waals surface area contributed by atoms with Gasteiger partial charge in [0, 0.05) is 16.7 Å². The summed E-state index contributed by atoms with van der Waals surface area (Å²) in [6.45, 7) is 5.63. The third kappa shape index (κ3) is 2.47. The van der Waals surface area contributed by atoms with Gasteiger partial charge in [0.1, 0.15) is 0 Å². The molecule has 3 aromatic carbocycles. The van der Waals surface area contributed by atoms with Crippen molar-refractivity contribution in [1.29, 1.82) is 0 Å². The predicted molar refractivity (Wildman–Crippen MR) is 114 cm³/mol. The maximum Gasteiger partial charge on any atom is 0.312 e. The highest BCUT2D eigenvalue weighted by atomic mass is 16.6. The normalized spacial score (nSPS) is 17.8. The zero-order valence-electron chi connectivity index (χ0n) is 16.7. The molecule has 1 heterocycles. The van der Waals surface area contributed by atoms with Gasteiger partial charge >= 0.3 is 5.97 Å². The van der Waals surface area contributed by atoms with Crippen molar-refractivity contribution in [2.75, 3.05) is 0 Å². The minimum atomic E-state index is -1.07. The Hall–Kier alpha value is -3.33. The summed E-state index contributed by atoms with van der Waals surface area (Å²) in [7, 11) is 0. The summed E-state index contributed by atoms with van der Waals surface area (Å²) >= 11 is 0. The first kappa shape index (κ1) is 17.7. The average molecular weight is 382 g/mol. The second kappa shape index (κ2) is 6.08. The van der Waals surface area contributed by atoms with E-state index in [4.69, 9.17) is 9.15 Å². The number of benzene rings is 3. The summed E-state index contributed by atoms with van der Waals surface area (Å²) in [6.07, 6.45) is 3.31. The number of hydrogen-bond donors (Lipinski definition) is 0. The van der Waals surface area contributed by atoms with Crippen LogP contribution in [0.2, 0.25) is 0 Å². The Kier molecular flexibility index (Phi) is 3.72. The van der Waals surface area contributed by atoms with Gasteiger partial charge in [-0.2, -0.15) is 0 Å². The van der Waals surface area contributed by atoms with E-state index in [0.29, 0.717) is 0 Å². The van der Waals surface area contributed by atoms with Crippen LogP contribution in [-0.2, 0) is 15.1 Å². The second-order valence-electron chi connectivity index (χ2n) is 8.59. The van der Waals surface area contributed by atoms with E-state index >= 15 is 0 Å². The van der Waals surface area contributed by atoms with Gasteiger partial charge in [-0.3, -0.25) is 4.79 Å². The van der Waals surface area contributed by atoms with Crippen LogP contribution >= 0.6 is 0 Å². The van der Waals surface area contributed by atoms with Crippen LogP contribution in [0.25, 0.3) is 21.9 Å². The van der Waals surface area contributed by atoms with Crippen molar-refractivity contribution < 1.29 is 13.9 Å². The monoisotopic (exact) mass is 382 g/mol. The van der Waals surface area contributed by atoms with Crippen molar-refractivity contribution in [3.05, 3.63) is 95.9 Å². The molecule has 0 fully saturated rings. The summed E-state index contributed by atoms with van der Waals surface area (Å²) < 4.78 is 11.9. The highest BCUT2D eigenvalue weighted by Gasteiger charge is 2.48. The quantitative estimate of drug-likeness (QED) is 0.382. The van der Waals surface area contributed by atoms with Gasteiger partial charge in [-0.25, -0.2) is 0 Å². The fourth-order valence-corrected chi connectivity index (χ4v) is 4.27. The molecule has 0 saturated carbocycles. The van der Waals surface area contributed by atoms with E-state index in [1.54, 1.807) is 12.5 Å². The van der Waals surface area contributed by atoms with Crippen LogP contribution in [-0.4, -0.2) is 5.97 Å². The Morgan fingerprint density at radius 1 is 0.862 bits per heavy atom. The molecule has 1 aromatic heterocycles. The maximum atomic E-state index is 13.2. The molecule has 1 atom stereocenters. The first-order chi connectivity index (χ1) is 13.9. The third-order valence-corrected chi connectivity index (χ3v) is 5.67. The van der Waals surface area contributed by atoms with Gasteiger partial charge in [0.05, 0.1) is 17.9 Å². The van der Waals surface area contributed by atoms with E-state index in [0.717, 1.165) is 38.6 Å². The SMILES string of the molecule is CC(C)(C)C(=O)OC1(c2ccoc2)c2ccccc2-c2cccc3cccc1c23. The van der Waals surface area contributed by atoms with Crippen molar-refractivity contribution >= 4 is 16.7 Å². The molecule has 1 aliphatic rings. The number of carbonyl (C=O) groups is 1. The van der Waals surface area contributed by atoms with Crippen molar-refractivity contribution in [3.63, 3.8) is 0 Å². The van der Waals surface area contributed by atoms with Crippen LogP contribution in [0.5, 0.6) is 0 Å². The molecule has 4 aromatic rings. The molecule has 0 saturated heterocycles. The van der Waals surface area contributed by atoms with Gasteiger partial charge < -0.3 is 9.15 Å². The van der Waals surface area contributed by atoms with Gasteiger partial charge in [0.15, 0.2) is 5.60 Å². The Balaban J connectivity index is 1.94. The van der Waals surface area contributed by atoms with Gasteiger partial charge in [-0.05, 0) is 48.7 Å². The molecular formula is C26H22O3. The molecule has 0 amide bonds. The first-order valence-corrected chi connectivity index (χ1v) is 9.81. The summed E-state index contributed by atoms with van der Waals surface area (Å²) in [5.41, 5.74) is 3.23. The molecule has 0 N–H and O–H groups in total. The van der Waals surface area contributed by atoms with Crippen LogP contribution in [0.3, 0.4) is 0 Å². The van der Waals surface area contributed by atoms with Crippen LogP contribution in [0.4, 0.5) is 0 Å². The minimum absolute atomic E-state index is 0.259. The van der Waals surface area contributed by atoms with Gasteiger partial charge in [0.25, 0.3) is 0 Å². The second-order valence-corrected chi connectivity index (χ2v) is 8.59. The molecule has 1 unspecified atom stereocenters. The van der Waals surface area contributed by atoms with E-state index in [1.807, 2.05) is 51.1 Å². The molecule has 29 heavy (non-hydrogen) atoms. The highest BCUT2D eigenvalue weighted by molar-refractivity contribution is 6.04. The topological polar surface area (TPSA) is 39.4 Å². The van der Waals surface area contributed by atoms with Crippen molar-refractivity contribution in [2.45, 2.75) is 26.4 Å². The summed E-state index contributed by atoms with van der Waals surface area (Å²) in [5, 5.41) is 2.23. The molecule has 0 spiro atoms. The van der Waals surface area contributed by atoms with Crippen LogP contribution in [0.15, 0.2) is 83.7 Å². The lowest BCUT2D eigenvalue weighted by atomic mass is 9.71. The van der Waals surface area contributed by atoms with Gasteiger partial charge in [-0.1, -0.05) is 60.7 Å². The molecular weight excluding hydrogens is 360 g/mol. The number of carbonyl (C=O) groups excluding carboxylic acids is 1. The zero-order chi connectivity index (χ0) is 20.2. The van der Waals surface area contributed by atoms with Crippen molar-refractivity contribution in [1.82, 2.24) is 0 Å². The molecule has 0 radical (unpaired) electrons. The van der Waals surface area contributed by atoms with Gasteiger partial charge in [0.2, 0.25) is 0 Å². The Morgan fingerprint density at radius 2 is 1.55 bits per heavy atom. The van der Waals surface area contributed by atoms with Crippen molar-refractivity contribution in [3.8, 4) is 11.1 Å². The lowest BCUT2D eigenvalue weighted by Crippen LogP contribution is -2.40. The number of rotatable bonds is 2. The highest BCUT2D eigenvalue weighted by Crippen LogP contribution is 2.53. The zero-order valence-corrected chi connectivity index (χ0v) is 16.7. The predicted octanol–water partition coefficient (Wildman–Crippen LogP) is 6.29. The maximum absolute atomic E-state index is 13.2. The lowest BCUT2D eigenvalue weighted by molar-refractivity contribution is -0.163. The third-order valence-electron chi connectivity index (χ3n) is 5.67.